The van der Waals surface area contributed by atoms with Crippen molar-refractivity contribution in [1.82, 2.24) is 0 Å². The summed E-state index contributed by atoms with van der Waals surface area (Å²) in [6, 6.07) is 0. The molecule has 0 aliphatic rings. The predicted molar refractivity (Wildman–Crippen MR) is 39.5 cm³/mol. The van der Waals surface area contributed by atoms with Crippen LogP contribution in [-0.2, 0) is 9.53 Å². The van der Waals surface area contributed by atoms with Gasteiger partial charge in [0.05, 0.1) is 6.10 Å². The van der Waals surface area contributed by atoms with Gasteiger partial charge in [0.25, 0.3) is 0 Å². The summed E-state index contributed by atoms with van der Waals surface area (Å²) >= 11 is 0. The molecule has 0 radical (unpaired) electrons. The third-order valence-corrected chi connectivity index (χ3v) is 1.12. The number of hydrogen-bond acceptors (Lipinski definition) is 2. The largest absolute Gasteiger partial charge is 0.367 e. The van der Waals surface area contributed by atoms with Crippen LogP contribution >= 0.6 is 0 Å². The fourth-order valence-corrected chi connectivity index (χ4v) is 0.647. The van der Waals surface area contributed by atoms with Gasteiger partial charge in [0.2, 0.25) is 5.91 Å². The van der Waals surface area contributed by atoms with Gasteiger partial charge >= 0.3 is 0 Å². The Bertz CT molecular complexity index is 130. The van der Waals surface area contributed by atoms with Gasteiger partial charge < -0.3 is 10.5 Å². The summed E-state index contributed by atoms with van der Waals surface area (Å²) in [7, 11) is 0. The SMILES string of the molecule is CC(C)OC(C)(C)C(N)=O. The van der Waals surface area contributed by atoms with Gasteiger partial charge in [-0.1, -0.05) is 0 Å². The number of primary amides is 1. The van der Waals surface area contributed by atoms with Crippen molar-refractivity contribution in [2.24, 2.45) is 5.73 Å². The zero-order valence-electron chi connectivity index (χ0n) is 6.97. The molecule has 2 N–H and O–H groups in total. The number of hydrogen-bond donors (Lipinski definition) is 1. The lowest BCUT2D eigenvalue weighted by Gasteiger charge is -2.23. The summed E-state index contributed by atoms with van der Waals surface area (Å²) in [5.74, 6) is -0.429. The molecule has 0 unspecified atom stereocenters. The predicted octanol–water partition coefficient (Wildman–Crippen LogP) is 0.675. The third-order valence-electron chi connectivity index (χ3n) is 1.12. The van der Waals surface area contributed by atoms with Crippen molar-refractivity contribution in [1.29, 1.82) is 0 Å². The topological polar surface area (TPSA) is 52.3 Å². The number of carbonyl (C=O) groups is 1. The van der Waals surface area contributed by atoms with Crippen molar-refractivity contribution in [3.05, 3.63) is 0 Å². The van der Waals surface area contributed by atoms with Crippen LogP contribution in [0.2, 0.25) is 0 Å². The number of amides is 1. The quantitative estimate of drug-likeness (QED) is 0.634. The van der Waals surface area contributed by atoms with E-state index in [1.165, 1.54) is 0 Å². The zero-order valence-corrected chi connectivity index (χ0v) is 6.97. The van der Waals surface area contributed by atoms with Crippen molar-refractivity contribution >= 4 is 5.91 Å². The standard InChI is InChI=1S/C7H15NO2/c1-5(2)10-7(3,4)6(8)9/h5H,1-4H3,(H2,8,9). The molecule has 3 heteroatoms. The second-order valence-electron chi connectivity index (χ2n) is 3.04. The highest BCUT2D eigenvalue weighted by molar-refractivity contribution is 5.82. The first-order valence-corrected chi connectivity index (χ1v) is 3.34. The molecule has 0 heterocycles. The van der Waals surface area contributed by atoms with Crippen molar-refractivity contribution in [3.63, 3.8) is 0 Å². The molecule has 0 aromatic carbocycles. The van der Waals surface area contributed by atoms with Gasteiger partial charge in [0, 0.05) is 0 Å². The molecule has 0 fully saturated rings. The Labute approximate surface area is 61.5 Å². The molecule has 0 aliphatic heterocycles. The van der Waals surface area contributed by atoms with E-state index in [4.69, 9.17) is 10.5 Å². The van der Waals surface area contributed by atoms with Gasteiger partial charge in [0.1, 0.15) is 5.60 Å². The second-order valence-corrected chi connectivity index (χ2v) is 3.04. The maximum Gasteiger partial charge on any atom is 0.249 e. The maximum absolute atomic E-state index is 10.7. The van der Waals surface area contributed by atoms with Gasteiger partial charge in [-0.2, -0.15) is 0 Å². The van der Waals surface area contributed by atoms with Gasteiger partial charge in [-0.3, -0.25) is 4.79 Å². The Morgan fingerprint density at radius 2 is 1.90 bits per heavy atom. The zero-order chi connectivity index (χ0) is 8.36. The van der Waals surface area contributed by atoms with Crippen LogP contribution in [0, 0.1) is 0 Å². The Hall–Kier alpha value is -0.570. The van der Waals surface area contributed by atoms with Gasteiger partial charge in [-0.25, -0.2) is 0 Å². The summed E-state index contributed by atoms with van der Waals surface area (Å²) in [6.45, 7) is 7.06. The normalized spacial score (nSPS) is 12.1. The minimum atomic E-state index is -0.839. The van der Waals surface area contributed by atoms with Crippen molar-refractivity contribution in [2.75, 3.05) is 0 Å². The van der Waals surface area contributed by atoms with Crippen molar-refractivity contribution in [3.8, 4) is 0 Å². The monoisotopic (exact) mass is 145 g/mol. The Balaban J connectivity index is 4.00. The number of rotatable bonds is 3. The van der Waals surface area contributed by atoms with Crippen molar-refractivity contribution in [2.45, 2.75) is 39.4 Å². The highest BCUT2D eigenvalue weighted by Crippen LogP contribution is 2.10. The minimum absolute atomic E-state index is 0.0301. The molecule has 1 amide bonds. The average molecular weight is 145 g/mol. The molecule has 0 aliphatic carbocycles. The maximum atomic E-state index is 10.7. The molecular formula is C7H15NO2. The smallest absolute Gasteiger partial charge is 0.249 e. The first kappa shape index (κ1) is 9.43. The van der Waals surface area contributed by atoms with Crippen molar-refractivity contribution < 1.29 is 9.53 Å². The van der Waals surface area contributed by atoms with E-state index in [1.54, 1.807) is 13.8 Å². The Kier molecular flexibility index (Phi) is 2.84. The summed E-state index contributed by atoms with van der Waals surface area (Å²) in [5.41, 5.74) is 4.22. The summed E-state index contributed by atoms with van der Waals surface area (Å²) in [6.07, 6.45) is 0.0301. The molecule has 3 nitrogen and oxygen atoms in total. The molecule has 0 aromatic heterocycles. The summed E-state index contributed by atoms with van der Waals surface area (Å²) < 4.78 is 5.22. The van der Waals surface area contributed by atoms with E-state index < -0.39 is 11.5 Å². The third kappa shape index (κ3) is 2.82. The number of carbonyl (C=O) groups excluding carboxylic acids is 1. The van der Waals surface area contributed by atoms with E-state index in [1.807, 2.05) is 13.8 Å². The molecular weight excluding hydrogens is 130 g/mol. The van der Waals surface area contributed by atoms with Crippen LogP contribution in [0.4, 0.5) is 0 Å². The molecule has 0 saturated heterocycles. The highest BCUT2D eigenvalue weighted by Gasteiger charge is 2.26. The fraction of sp³-hybridized carbons (Fsp3) is 0.857. The van der Waals surface area contributed by atoms with E-state index >= 15 is 0 Å². The van der Waals surface area contributed by atoms with E-state index in [-0.39, 0.29) is 6.10 Å². The molecule has 0 spiro atoms. The number of ether oxygens (including phenoxy) is 1. The van der Waals surface area contributed by atoms with Crippen LogP contribution in [0.15, 0.2) is 0 Å². The van der Waals surface area contributed by atoms with E-state index in [9.17, 15) is 4.79 Å². The van der Waals surface area contributed by atoms with Crippen LogP contribution < -0.4 is 5.73 Å². The van der Waals surface area contributed by atoms with E-state index in [2.05, 4.69) is 0 Å². The number of nitrogens with two attached hydrogens (primary N) is 1. The molecule has 0 rings (SSSR count). The van der Waals surface area contributed by atoms with Crippen LogP contribution in [0.5, 0.6) is 0 Å². The second kappa shape index (κ2) is 3.01. The molecule has 10 heavy (non-hydrogen) atoms. The Morgan fingerprint density at radius 1 is 1.50 bits per heavy atom. The lowest BCUT2D eigenvalue weighted by atomic mass is 10.1. The molecule has 60 valence electrons. The molecule has 0 bridgehead atoms. The van der Waals surface area contributed by atoms with Crippen LogP contribution in [0.1, 0.15) is 27.7 Å². The van der Waals surface area contributed by atoms with Crippen LogP contribution in [0.3, 0.4) is 0 Å². The van der Waals surface area contributed by atoms with Gasteiger partial charge in [-0.05, 0) is 27.7 Å². The summed E-state index contributed by atoms with van der Waals surface area (Å²) in [4.78, 5) is 10.7. The van der Waals surface area contributed by atoms with E-state index in [0.717, 1.165) is 0 Å². The Morgan fingerprint density at radius 3 is 2.00 bits per heavy atom. The first-order chi connectivity index (χ1) is 4.36. The van der Waals surface area contributed by atoms with Crippen LogP contribution in [0.25, 0.3) is 0 Å². The highest BCUT2D eigenvalue weighted by atomic mass is 16.5. The van der Waals surface area contributed by atoms with Crippen LogP contribution in [-0.4, -0.2) is 17.6 Å². The van der Waals surface area contributed by atoms with Gasteiger partial charge in [0.15, 0.2) is 0 Å². The fourth-order valence-electron chi connectivity index (χ4n) is 0.647. The molecule has 0 saturated carbocycles. The lowest BCUT2D eigenvalue weighted by molar-refractivity contribution is -0.144. The van der Waals surface area contributed by atoms with Gasteiger partial charge in [-0.15, -0.1) is 0 Å². The molecule has 0 atom stereocenters. The summed E-state index contributed by atoms with van der Waals surface area (Å²) in [5, 5.41) is 0. The lowest BCUT2D eigenvalue weighted by Crippen LogP contribution is -2.42. The molecule has 0 aromatic rings. The minimum Gasteiger partial charge on any atom is -0.367 e. The average Bonchev–Trinajstić information content (AvgIpc) is 1.60. The first-order valence-electron chi connectivity index (χ1n) is 3.34. The van der Waals surface area contributed by atoms with E-state index in [0.29, 0.717) is 0 Å².